The van der Waals surface area contributed by atoms with Crippen molar-refractivity contribution in [2.45, 2.75) is 32.5 Å². The van der Waals surface area contributed by atoms with Crippen LogP contribution in [-0.2, 0) is 0 Å². The van der Waals surface area contributed by atoms with E-state index in [1.54, 1.807) is 0 Å². The minimum Gasteiger partial charge on any atom is -0.467 e. The van der Waals surface area contributed by atoms with Gasteiger partial charge in [-0.05, 0) is 38.4 Å². The summed E-state index contributed by atoms with van der Waals surface area (Å²) in [5.41, 5.74) is 2.11. The monoisotopic (exact) mass is 322 g/mol. The molecule has 2 heterocycles. The summed E-state index contributed by atoms with van der Waals surface area (Å²) >= 11 is 7.44. The normalized spacial score (nSPS) is 30.5. The van der Waals surface area contributed by atoms with Gasteiger partial charge in [0.05, 0.1) is 6.04 Å². The molecular formula is C16H22N2OS2. The van der Waals surface area contributed by atoms with Crippen LogP contribution in [0.15, 0.2) is 18.2 Å². The Hall–Kier alpha value is -0.940. The molecule has 0 aromatic heterocycles. The second kappa shape index (κ2) is 5.36. The Labute approximate surface area is 136 Å². The molecule has 3 rings (SSSR count). The van der Waals surface area contributed by atoms with Crippen molar-refractivity contribution >= 4 is 29.1 Å². The van der Waals surface area contributed by atoms with Gasteiger partial charge in [0, 0.05) is 23.8 Å². The van der Waals surface area contributed by atoms with Crippen molar-refractivity contribution in [3.05, 3.63) is 29.3 Å². The van der Waals surface area contributed by atoms with Crippen molar-refractivity contribution < 1.29 is 4.74 Å². The van der Waals surface area contributed by atoms with Crippen LogP contribution >= 0.6 is 24.0 Å². The summed E-state index contributed by atoms with van der Waals surface area (Å²) in [7, 11) is 0. The van der Waals surface area contributed by atoms with E-state index in [9.17, 15) is 0 Å². The number of thioether (sulfide) groups is 1. The Bertz CT molecular complexity index is 577. The summed E-state index contributed by atoms with van der Waals surface area (Å²) < 4.78 is 6.43. The van der Waals surface area contributed by atoms with Gasteiger partial charge in [0.15, 0.2) is 10.8 Å². The van der Waals surface area contributed by atoms with Crippen molar-refractivity contribution in [3.63, 3.8) is 0 Å². The SMILES string of the molecule is CSCCN1C(=S)NC2c3cc(C)ccc3OC1(C)C2C. The zero-order chi connectivity index (χ0) is 15.2. The maximum absolute atomic E-state index is 6.43. The summed E-state index contributed by atoms with van der Waals surface area (Å²) in [6.07, 6.45) is 2.12. The van der Waals surface area contributed by atoms with Gasteiger partial charge in [0.25, 0.3) is 0 Å². The first-order valence-electron chi connectivity index (χ1n) is 7.34. The lowest BCUT2D eigenvalue weighted by atomic mass is 9.80. The number of rotatable bonds is 3. The standard InChI is InChI=1S/C16H22N2OS2/c1-10-5-6-13-12(9-10)14-11(2)16(3,19-13)18(7-8-21-4)15(20)17-14/h5-6,9,11,14H,7-8H2,1-4H3,(H,17,20). The number of fused-ring (bicyclic) bond motifs is 4. The Morgan fingerprint density at radius 3 is 2.95 bits per heavy atom. The number of ether oxygens (including phenoxy) is 1. The van der Waals surface area contributed by atoms with Crippen LogP contribution in [0.25, 0.3) is 0 Å². The highest BCUT2D eigenvalue weighted by atomic mass is 32.2. The van der Waals surface area contributed by atoms with Gasteiger partial charge in [-0.2, -0.15) is 11.8 Å². The predicted molar refractivity (Wildman–Crippen MR) is 92.9 cm³/mol. The lowest BCUT2D eigenvalue weighted by Crippen LogP contribution is -2.69. The third-order valence-corrected chi connectivity index (χ3v) is 5.67. The van der Waals surface area contributed by atoms with Gasteiger partial charge in [-0.15, -0.1) is 0 Å². The molecule has 0 saturated carbocycles. The van der Waals surface area contributed by atoms with Crippen LogP contribution < -0.4 is 10.1 Å². The average molecular weight is 322 g/mol. The van der Waals surface area contributed by atoms with Crippen LogP contribution in [0, 0.1) is 12.8 Å². The van der Waals surface area contributed by atoms with Gasteiger partial charge in [-0.3, -0.25) is 0 Å². The number of aryl methyl sites for hydroxylation is 1. The first-order chi connectivity index (χ1) is 9.97. The topological polar surface area (TPSA) is 24.5 Å². The Morgan fingerprint density at radius 2 is 2.24 bits per heavy atom. The molecular weight excluding hydrogens is 300 g/mol. The molecule has 0 spiro atoms. The first-order valence-corrected chi connectivity index (χ1v) is 9.14. The van der Waals surface area contributed by atoms with Gasteiger partial charge < -0.3 is 15.0 Å². The molecule has 3 unspecified atom stereocenters. The number of thiocarbonyl (C=S) groups is 1. The van der Waals surface area contributed by atoms with Gasteiger partial charge in [0.1, 0.15) is 5.75 Å². The molecule has 1 fully saturated rings. The number of hydrogen-bond acceptors (Lipinski definition) is 3. The quantitative estimate of drug-likeness (QED) is 0.861. The molecule has 2 bridgehead atoms. The van der Waals surface area contributed by atoms with Crippen LogP contribution in [0.4, 0.5) is 0 Å². The minimum absolute atomic E-state index is 0.233. The molecule has 3 nitrogen and oxygen atoms in total. The minimum atomic E-state index is -0.370. The molecule has 0 radical (unpaired) electrons. The van der Waals surface area contributed by atoms with Gasteiger partial charge in [0.2, 0.25) is 0 Å². The molecule has 1 saturated heterocycles. The molecule has 21 heavy (non-hydrogen) atoms. The van der Waals surface area contributed by atoms with E-state index in [4.69, 9.17) is 17.0 Å². The van der Waals surface area contributed by atoms with Gasteiger partial charge in [-0.1, -0.05) is 24.6 Å². The lowest BCUT2D eigenvalue weighted by Gasteiger charge is -2.56. The molecule has 114 valence electrons. The smallest absolute Gasteiger partial charge is 0.186 e. The number of hydrogen-bond donors (Lipinski definition) is 1. The third-order valence-electron chi connectivity index (χ3n) is 4.74. The van der Waals surface area contributed by atoms with E-state index < -0.39 is 0 Å². The van der Waals surface area contributed by atoms with E-state index >= 15 is 0 Å². The van der Waals surface area contributed by atoms with Crippen LogP contribution in [0.2, 0.25) is 0 Å². The first kappa shape index (κ1) is 15.0. The maximum atomic E-state index is 6.43. The highest BCUT2D eigenvalue weighted by molar-refractivity contribution is 7.98. The summed E-state index contributed by atoms with van der Waals surface area (Å²) in [6, 6.07) is 6.64. The molecule has 0 aliphatic carbocycles. The largest absolute Gasteiger partial charge is 0.467 e. The van der Waals surface area contributed by atoms with Crippen LogP contribution in [0.3, 0.4) is 0 Å². The second-order valence-corrected chi connectivity index (χ2v) is 7.43. The Morgan fingerprint density at radius 1 is 1.48 bits per heavy atom. The van der Waals surface area contributed by atoms with E-state index in [-0.39, 0.29) is 11.8 Å². The molecule has 1 aromatic carbocycles. The van der Waals surface area contributed by atoms with Crippen LogP contribution in [0.5, 0.6) is 5.75 Å². The predicted octanol–water partition coefficient (Wildman–Crippen LogP) is 3.33. The molecule has 2 aliphatic heterocycles. The molecule has 5 heteroatoms. The molecule has 0 amide bonds. The van der Waals surface area contributed by atoms with Crippen LogP contribution in [0.1, 0.15) is 31.0 Å². The zero-order valence-electron chi connectivity index (χ0n) is 13.0. The second-order valence-electron chi connectivity index (χ2n) is 6.06. The van der Waals surface area contributed by atoms with Gasteiger partial charge >= 0.3 is 0 Å². The Kier molecular flexibility index (Phi) is 3.82. The zero-order valence-corrected chi connectivity index (χ0v) is 14.6. The van der Waals surface area contributed by atoms with E-state index in [0.717, 1.165) is 23.2 Å². The fourth-order valence-corrected chi connectivity index (χ4v) is 4.09. The van der Waals surface area contributed by atoms with Crippen molar-refractivity contribution in [1.29, 1.82) is 0 Å². The molecule has 1 N–H and O–H groups in total. The fraction of sp³-hybridized carbons (Fsp3) is 0.562. The lowest BCUT2D eigenvalue weighted by molar-refractivity contribution is -0.108. The number of nitrogens with zero attached hydrogens (tertiary/aromatic N) is 1. The average Bonchev–Trinajstić information content (AvgIpc) is 2.44. The van der Waals surface area contributed by atoms with E-state index in [0.29, 0.717) is 5.92 Å². The van der Waals surface area contributed by atoms with E-state index in [2.05, 4.69) is 55.4 Å². The van der Waals surface area contributed by atoms with E-state index in [1.807, 2.05) is 11.8 Å². The summed E-state index contributed by atoms with van der Waals surface area (Å²) in [5.74, 6) is 2.36. The van der Waals surface area contributed by atoms with E-state index in [1.165, 1.54) is 11.1 Å². The summed E-state index contributed by atoms with van der Waals surface area (Å²) in [5, 5.41) is 4.34. The van der Waals surface area contributed by atoms with Crippen LogP contribution in [-0.4, -0.2) is 34.3 Å². The third kappa shape index (κ3) is 2.30. The Balaban J connectivity index is 2.03. The maximum Gasteiger partial charge on any atom is 0.186 e. The van der Waals surface area contributed by atoms with Crippen molar-refractivity contribution in [1.82, 2.24) is 10.2 Å². The molecule has 1 aromatic rings. The number of benzene rings is 1. The molecule has 3 atom stereocenters. The van der Waals surface area contributed by atoms with Gasteiger partial charge in [-0.25, -0.2) is 0 Å². The van der Waals surface area contributed by atoms with Crippen molar-refractivity contribution in [3.8, 4) is 5.75 Å². The molecule has 2 aliphatic rings. The fourth-order valence-electron chi connectivity index (χ4n) is 3.32. The summed E-state index contributed by atoms with van der Waals surface area (Å²) in [4.78, 5) is 2.21. The highest BCUT2D eigenvalue weighted by Crippen LogP contribution is 2.47. The number of nitrogens with one attached hydrogen (secondary N) is 1. The summed E-state index contributed by atoms with van der Waals surface area (Å²) in [6.45, 7) is 7.43. The van der Waals surface area contributed by atoms with Crippen molar-refractivity contribution in [2.75, 3.05) is 18.6 Å². The highest BCUT2D eigenvalue weighted by Gasteiger charge is 2.52. The van der Waals surface area contributed by atoms with Crippen molar-refractivity contribution in [2.24, 2.45) is 5.92 Å².